The molecule has 0 heterocycles. The monoisotopic (exact) mass is 464 g/mol. The molecule has 8 heteroatoms. The number of benzene rings is 3. The lowest BCUT2D eigenvalue weighted by Crippen LogP contribution is -2.37. The zero-order chi connectivity index (χ0) is 24.5. The van der Waals surface area contributed by atoms with E-state index in [1.54, 1.807) is 24.3 Å². The first-order valence-corrected chi connectivity index (χ1v) is 10.8. The second kappa shape index (κ2) is 11.7. The summed E-state index contributed by atoms with van der Waals surface area (Å²) in [7, 11) is 4.34. The topological polar surface area (TPSA) is 94.2 Å². The number of nitrogens with one attached hydrogen (secondary N) is 1. The summed E-state index contributed by atoms with van der Waals surface area (Å²) in [4.78, 5) is 38.7. The molecule has 178 valence electrons. The molecule has 0 saturated heterocycles. The van der Waals surface area contributed by atoms with Crippen LogP contribution >= 0.6 is 0 Å². The molecule has 0 atom stereocenters. The molecule has 0 fully saturated rings. The van der Waals surface area contributed by atoms with E-state index in [2.05, 4.69) is 5.32 Å². The highest BCUT2D eigenvalue weighted by Crippen LogP contribution is 2.23. The summed E-state index contributed by atoms with van der Waals surface area (Å²) in [6.45, 7) is 0.0667. The highest BCUT2D eigenvalue weighted by Gasteiger charge is 2.19. The van der Waals surface area contributed by atoms with Crippen LogP contribution < -0.4 is 14.8 Å². The largest absolute Gasteiger partial charge is 0.497 e. The fourth-order valence-corrected chi connectivity index (χ4v) is 3.50. The second-order valence-electron chi connectivity index (χ2n) is 7.61. The molecule has 0 unspecified atom stereocenters. The van der Waals surface area contributed by atoms with Gasteiger partial charge in [0, 0.05) is 31.1 Å². The molecular weight excluding hydrogens is 436 g/mol. The molecule has 3 aromatic rings. The molecule has 3 aromatic carbocycles. The number of hydrogen-bond acceptors (Lipinski definition) is 6. The van der Waals surface area contributed by atoms with Crippen molar-refractivity contribution < 1.29 is 28.6 Å². The fourth-order valence-electron chi connectivity index (χ4n) is 3.50. The standard InChI is InChI=1S/C26H28N2O6/c1-32-22-12-18(13-23(15-22)33-2)16-28(17-25(30)34-3)24(29)10-11-27-26(31)21-9-8-19-6-4-5-7-20(19)14-21/h4-9,12-15H,10-11,16-17H2,1-3H3,(H,27,31). The van der Waals surface area contributed by atoms with E-state index in [1.165, 1.54) is 26.2 Å². The lowest BCUT2D eigenvalue weighted by molar-refractivity contribution is -0.147. The van der Waals surface area contributed by atoms with Gasteiger partial charge in [0.15, 0.2) is 0 Å². The molecule has 0 saturated carbocycles. The summed E-state index contributed by atoms with van der Waals surface area (Å²) in [6, 6.07) is 18.5. The lowest BCUT2D eigenvalue weighted by atomic mass is 10.1. The van der Waals surface area contributed by atoms with E-state index >= 15 is 0 Å². The number of methoxy groups -OCH3 is 3. The summed E-state index contributed by atoms with van der Waals surface area (Å²) in [5, 5.41) is 4.78. The van der Waals surface area contributed by atoms with E-state index in [-0.39, 0.29) is 37.9 Å². The Balaban J connectivity index is 1.64. The van der Waals surface area contributed by atoms with Gasteiger partial charge in [0.25, 0.3) is 5.91 Å². The fraction of sp³-hybridized carbons (Fsp3) is 0.269. The van der Waals surface area contributed by atoms with Gasteiger partial charge in [0.2, 0.25) is 5.91 Å². The Hall–Kier alpha value is -4.07. The van der Waals surface area contributed by atoms with Crippen LogP contribution in [0.3, 0.4) is 0 Å². The molecular formula is C26H28N2O6. The van der Waals surface area contributed by atoms with Crippen molar-refractivity contribution in [2.45, 2.75) is 13.0 Å². The average molecular weight is 465 g/mol. The quantitative estimate of drug-likeness (QED) is 0.463. The van der Waals surface area contributed by atoms with Crippen molar-refractivity contribution in [2.75, 3.05) is 34.4 Å². The summed E-state index contributed by atoms with van der Waals surface area (Å²) in [5.41, 5.74) is 1.25. The van der Waals surface area contributed by atoms with Gasteiger partial charge in [-0.1, -0.05) is 30.3 Å². The molecule has 0 aliphatic rings. The van der Waals surface area contributed by atoms with Gasteiger partial charge in [0.05, 0.1) is 21.3 Å². The van der Waals surface area contributed by atoms with Crippen molar-refractivity contribution in [3.05, 3.63) is 71.8 Å². The highest BCUT2D eigenvalue weighted by atomic mass is 16.5. The van der Waals surface area contributed by atoms with Crippen LogP contribution in [0, 0.1) is 0 Å². The van der Waals surface area contributed by atoms with Crippen LogP contribution in [0.5, 0.6) is 11.5 Å². The number of carbonyl (C=O) groups is 3. The number of ether oxygens (including phenoxy) is 3. The molecule has 0 radical (unpaired) electrons. The van der Waals surface area contributed by atoms with Crippen LogP contribution in [0.4, 0.5) is 0 Å². The van der Waals surface area contributed by atoms with E-state index in [0.29, 0.717) is 17.1 Å². The van der Waals surface area contributed by atoms with E-state index in [4.69, 9.17) is 14.2 Å². The summed E-state index contributed by atoms with van der Waals surface area (Å²) >= 11 is 0. The summed E-state index contributed by atoms with van der Waals surface area (Å²) in [5.74, 6) is 0.0370. The van der Waals surface area contributed by atoms with Crippen LogP contribution in [0.15, 0.2) is 60.7 Å². The van der Waals surface area contributed by atoms with Crippen LogP contribution in [-0.2, 0) is 20.9 Å². The molecule has 0 aliphatic heterocycles. The number of rotatable bonds is 10. The molecule has 1 N–H and O–H groups in total. The van der Waals surface area contributed by atoms with E-state index < -0.39 is 5.97 Å². The van der Waals surface area contributed by atoms with Gasteiger partial charge < -0.3 is 24.4 Å². The first-order chi connectivity index (χ1) is 16.4. The third kappa shape index (κ3) is 6.48. The van der Waals surface area contributed by atoms with Crippen LogP contribution in [-0.4, -0.2) is 57.1 Å². The van der Waals surface area contributed by atoms with Gasteiger partial charge in [-0.15, -0.1) is 0 Å². The third-order valence-corrected chi connectivity index (χ3v) is 5.32. The molecule has 0 aromatic heterocycles. The minimum absolute atomic E-state index is 0.0252. The zero-order valence-electron chi connectivity index (χ0n) is 19.5. The summed E-state index contributed by atoms with van der Waals surface area (Å²) in [6.07, 6.45) is 0.0252. The van der Waals surface area contributed by atoms with Gasteiger partial charge in [0.1, 0.15) is 18.0 Å². The third-order valence-electron chi connectivity index (χ3n) is 5.32. The van der Waals surface area contributed by atoms with Crippen molar-refractivity contribution in [1.82, 2.24) is 10.2 Å². The van der Waals surface area contributed by atoms with Crippen LogP contribution in [0.25, 0.3) is 10.8 Å². The Morgan fingerprint density at radius 2 is 1.53 bits per heavy atom. The maximum atomic E-state index is 12.9. The number of fused-ring (bicyclic) bond motifs is 1. The Kier molecular flexibility index (Phi) is 8.45. The minimum Gasteiger partial charge on any atom is -0.497 e. The van der Waals surface area contributed by atoms with E-state index in [0.717, 1.165) is 16.3 Å². The summed E-state index contributed by atoms with van der Waals surface area (Å²) < 4.78 is 15.3. The number of esters is 1. The predicted molar refractivity (Wildman–Crippen MR) is 128 cm³/mol. The molecule has 2 amide bonds. The number of carbonyl (C=O) groups excluding carboxylic acids is 3. The normalized spacial score (nSPS) is 10.4. The molecule has 3 rings (SSSR count). The number of hydrogen-bond donors (Lipinski definition) is 1. The molecule has 34 heavy (non-hydrogen) atoms. The molecule has 8 nitrogen and oxygen atoms in total. The first kappa shape index (κ1) is 24.6. The molecule has 0 spiro atoms. The van der Waals surface area contributed by atoms with Gasteiger partial charge in [-0.05, 0) is 40.6 Å². The predicted octanol–water partition coefficient (Wildman–Crippen LogP) is 3.18. The second-order valence-corrected chi connectivity index (χ2v) is 7.61. The minimum atomic E-state index is -0.539. The van der Waals surface area contributed by atoms with Crippen molar-refractivity contribution in [3.63, 3.8) is 0 Å². The number of amides is 2. The maximum Gasteiger partial charge on any atom is 0.325 e. The Morgan fingerprint density at radius 1 is 0.853 bits per heavy atom. The smallest absolute Gasteiger partial charge is 0.325 e. The Labute approximate surface area is 198 Å². The Bertz CT molecular complexity index is 1150. The maximum absolute atomic E-state index is 12.9. The number of nitrogens with zero attached hydrogens (tertiary/aromatic N) is 1. The van der Waals surface area contributed by atoms with Crippen molar-refractivity contribution in [1.29, 1.82) is 0 Å². The SMILES string of the molecule is COC(=O)CN(Cc1cc(OC)cc(OC)c1)C(=O)CCNC(=O)c1ccc2ccccc2c1. The van der Waals surface area contributed by atoms with E-state index in [1.807, 2.05) is 36.4 Å². The van der Waals surface area contributed by atoms with Gasteiger partial charge in [-0.2, -0.15) is 0 Å². The zero-order valence-corrected chi connectivity index (χ0v) is 19.5. The van der Waals surface area contributed by atoms with Crippen molar-refractivity contribution in [2.24, 2.45) is 0 Å². The van der Waals surface area contributed by atoms with Crippen molar-refractivity contribution in [3.8, 4) is 11.5 Å². The van der Waals surface area contributed by atoms with Gasteiger partial charge in [-0.3, -0.25) is 14.4 Å². The van der Waals surface area contributed by atoms with E-state index in [9.17, 15) is 14.4 Å². The highest BCUT2D eigenvalue weighted by molar-refractivity contribution is 5.98. The van der Waals surface area contributed by atoms with Gasteiger partial charge >= 0.3 is 5.97 Å². The van der Waals surface area contributed by atoms with Crippen LogP contribution in [0.1, 0.15) is 22.3 Å². The Morgan fingerprint density at radius 3 is 2.18 bits per heavy atom. The van der Waals surface area contributed by atoms with Crippen molar-refractivity contribution >= 4 is 28.6 Å². The lowest BCUT2D eigenvalue weighted by Gasteiger charge is -2.22. The molecule has 0 aliphatic carbocycles. The first-order valence-electron chi connectivity index (χ1n) is 10.8. The average Bonchev–Trinajstić information content (AvgIpc) is 2.87. The molecule has 0 bridgehead atoms. The van der Waals surface area contributed by atoms with Gasteiger partial charge in [-0.25, -0.2) is 0 Å². The van der Waals surface area contributed by atoms with Crippen LogP contribution in [0.2, 0.25) is 0 Å².